The Morgan fingerprint density at radius 1 is 1.50 bits per heavy atom. The molecule has 1 aromatic carbocycles. The van der Waals surface area contributed by atoms with Gasteiger partial charge < -0.3 is 5.21 Å². The van der Waals surface area contributed by atoms with E-state index in [1.54, 1.807) is 6.07 Å². The van der Waals surface area contributed by atoms with Crippen LogP contribution < -0.4 is 0 Å². The third-order valence-electron chi connectivity index (χ3n) is 1.74. The van der Waals surface area contributed by atoms with Gasteiger partial charge >= 0.3 is 0 Å². The van der Waals surface area contributed by atoms with Gasteiger partial charge in [-0.3, -0.25) is 0 Å². The summed E-state index contributed by atoms with van der Waals surface area (Å²) in [7, 11) is 1.49. The number of hydrogen-bond acceptors (Lipinski definition) is 2. The summed E-state index contributed by atoms with van der Waals surface area (Å²) >= 11 is 0. The quantitative estimate of drug-likeness (QED) is 0.684. The van der Waals surface area contributed by atoms with Crippen molar-refractivity contribution in [2.24, 2.45) is 0 Å². The Balaban J connectivity index is 2.96. The molecule has 1 N–H and O–H groups in total. The minimum atomic E-state index is -0.268. The van der Waals surface area contributed by atoms with Crippen LogP contribution >= 0.6 is 0 Å². The van der Waals surface area contributed by atoms with E-state index >= 15 is 0 Å². The standard InChI is InChI=1S/C9H12FNO/c1-7-4-3-5-9(10)8(7)6-11(2)12/h3-5,12H,6H2,1-2H3. The second-order valence-electron chi connectivity index (χ2n) is 2.85. The summed E-state index contributed by atoms with van der Waals surface area (Å²) in [4.78, 5) is 0. The maximum atomic E-state index is 13.1. The monoisotopic (exact) mass is 169 g/mol. The number of halogens is 1. The molecule has 0 aliphatic heterocycles. The predicted molar refractivity (Wildman–Crippen MR) is 44.4 cm³/mol. The fourth-order valence-electron chi connectivity index (χ4n) is 1.10. The molecule has 2 nitrogen and oxygen atoms in total. The molecule has 0 unspecified atom stereocenters. The van der Waals surface area contributed by atoms with Crippen LogP contribution in [0.3, 0.4) is 0 Å². The van der Waals surface area contributed by atoms with Gasteiger partial charge in [0.25, 0.3) is 0 Å². The fraction of sp³-hybridized carbons (Fsp3) is 0.333. The zero-order chi connectivity index (χ0) is 9.14. The molecule has 0 fully saturated rings. The molecule has 12 heavy (non-hydrogen) atoms. The second kappa shape index (κ2) is 3.65. The van der Waals surface area contributed by atoms with Crippen molar-refractivity contribution in [1.82, 2.24) is 5.06 Å². The zero-order valence-electron chi connectivity index (χ0n) is 7.21. The molecule has 0 atom stereocenters. The number of rotatable bonds is 2. The summed E-state index contributed by atoms with van der Waals surface area (Å²) in [5.41, 5.74) is 1.40. The molecule has 66 valence electrons. The summed E-state index contributed by atoms with van der Waals surface area (Å²) in [6, 6.07) is 4.87. The third kappa shape index (κ3) is 2.03. The van der Waals surface area contributed by atoms with Gasteiger partial charge in [0.2, 0.25) is 0 Å². The van der Waals surface area contributed by atoms with Crippen LogP contribution in [0.1, 0.15) is 11.1 Å². The van der Waals surface area contributed by atoms with Crippen molar-refractivity contribution in [3.63, 3.8) is 0 Å². The minimum absolute atomic E-state index is 0.221. The van der Waals surface area contributed by atoms with E-state index in [1.807, 2.05) is 13.0 Å². The van der Waals surface area contributed by atoms with Gasteiger partial charge in [-0.2, -0.15) is 5.06 Å². The van der Waals surface area contributed by atoms with Gasteiger partial charge in [0, 0.05) is 12.6 Å². The third-order valence-corrected chi connectivity index (χ3v) is 1.74. The summed E-state index contributed by atoms with van der Waals surface area (Å²) in [6.07, 6.45) is 0. The van der Waals surface area contributed by atoms with Gasteiger partial charge in [-0.25, -0.2) is 4.39 Å². The topological polar surface area (TPSA) is 23.5 Å². The molecule has 3 heteroatoms. The summed E-state index contributed by atoms with van der Waals surface area (Å²) < 4.78 is 13.1. The van der Waals surface area contributed by atoms with Gasteiger partial charge in [0.05, 0.1) is 6.54 Å². The van der Waals surface area contributed by atoms with E-state index in [-0.39, 0.29) is 12.4 Å². The highest BCUT2D eigenvalue weighted by atomic mass is 19.1. The van der Waals surface area contributed by atoms with Crippen molar-refractivity contribution in [3.8, 4) is 0 Å². The Morgan fingerprint density at radius 3 is 2.67 bits per heavy atom. The number of hydroxylamine groups is 2. The minimum Gasteiger partial charge on any atom is -0.314 e. The molecule has 0 bridgehead atoms. The lowest BCUT2D eigenvalue weighted by Gasteiger charge is -2.11. The summed E-state index contributed by atoms with van der Waals surface area (Å²) in [6.45, 7) is 2.04. The van der Waals surface area contributed by atoms with Crippen LogP contribution in [0.4, 0.5) is 4.39 Å². The molecule has 0 aliphatic rings. The van der Waals surface area contributed by atoms with E-state index < -0.39 is 0 Å². The fourth-order valence-corrected chi connectivity index (χ4v) is 1.10. The van der Waals surface area contributed by atoms with Crippen LogP contribution in [-0.4, -0.2) is 17.3 Å². The summed E-state index contributed by atoms with van der Waals surface area (Å²) in [5.74, 6) is -0.268. The van der Waals surface area contributed by atoms with Crippen LogP contribution in [0, 0.1) is 12.7 Å². The van der Waals surface area contributed by atoms with Crippen LogP contribution in [0.2, 0.25) is 0 Å². The highest BCUT2D eigenvalue weighted by Crippen LogP contribution is 2.13. The number of benzene rings is 1. The predicted octanol–water partition coefficient (Wildman–Crippen LogP) is 1.96. The molecular weight excluding hydrogens is 157 g/mol. The summed E-state index contributed by atoms with van der Waals surface area (Å²) in [5, 5.41) is 9.89. The Bertz CT molecular complexity index is 253. The first-order chi connectivity index (χ1) is 5.61. The van der Waals surface area contributed by atoms with E-state index in [0.717, 1.165) is 10.6 Å². The first kappa shape index (κ1) is 9.16. The molecule has 0 amide bonds. The molecule has 1 rings (SSSR count). The lowest BCUT2D eigenvalue weighted by Crippen LogP contribution is -2.13. The Kier molecular flexibility index (Phi) is 2.78. The zero-order valence-corrected chi connectivity index (χ0v) is 7.21. The van der Waals surface area contributed by atoms with Gasteiger partial charge in [0.15, 0.2) is 0 Å². The lowest BCUT2D eigenvalue weighted by atomic mass is 10.1. The molecule has 0 saturated carbocycles. The van der Waals surface area contributed by atoms with E-state index in [4.69, 9.17) is 5.21 Å². The number of nitrogens with zero attached hydrogens (tertiary/aromatic N) is 1. The number of hydrogen-bond donors (Lipinski definition) is 1. The van der Waals surface area contributed by atoms with Crippen LogP contribution in [0.5, 0.6) is 0 Å². The maximum absolute atomic E-state index is 13.1. The first-order valence-corrected chi connectivity index (χ1v) is 3.75. The van der Waals surface area contributed by atoms with Gasteiger partial charge in [0.1, 0.15) is 5.82 Å². The molecule has 0 aliphatic carbocycles. The van der Waals surface area contributed by atoms with Gasteiger partial charge in [-0.1, -0.05) is 12.1 Å². The molecular formula is C9H12FNO. The Morgan fingerprint density at radius 2 is 2.17 bits per heavy atom. The first-order valence-electron chi connectivity index (χ1n) is 3.75. The maximum Gasteiger partial charge on any atom is 0.128 e. The van der Waals surface area contributed by atoms with Crippen LogP contribution in [0.15, 0.2) is 18.2 Å². The highest BCUT2D eigenvalue weighted by Gasteiger charge is 2.05. The number of aryl methyl sites for hydroxylation is 1. The SMILES string of the molecule is Cc1cccc(F)c1CN(C)O. The molecule has 0 radical (unpaired) electrons. The molecule has 0 spiro atoms. The van der Waals surface area contributed by atoms with Gasteiger partial charge in [-0.05, 0) is 18.6 Å². The Hall–Kier alpha value is -0.930. The van der Waals surface area contributed by atoms with Crippen LogP contribution in [-0.2, 0) is 6.54 Å². The van der Waals surface area contributed by atoms with Crippen LogP contribution in [0.25, 0.3) is 0 Å². The van der Waals surface area contributed by atoms with Crippen molar-refractivity contribution >= 4 is 0 Å². The normalized spacial score (nSPS) is 10.8. The van der Waals surface area contributed by atoms with Crippen molar-refractivity contribution in [1.29, 1.82) is 0 Å². The Labute approximate surface area is 71.2 Å². The lowest BCUT2D eigenvalue weighted by molar-refractivity contribution is -0.0739. The smallest absolute Gasteiger partial charge is 0.128 e. The molecule has 0 heterocycles. The molecule has 1 aromatic rings. The van der Waals surface area contributed by atoms with Crippen molar-refractivity contribution in [2.75, 3.05) is 7.05 Å². The van der Waals surface area contributed by atoms with Crippen molar-refractivity contribution in [2.45, 2.75) is 13.5 Å². The second-order valence-corrected chi connectivity index (χ2v) is 2.85. The van der Waals surface area contributed by atoms with Crippen molar-refractivity contribution < 1.29 is 9.60 Å². The molecule has 0 saturated heterocycles. The van der Waals surface area contributed by atoms with E-state index in [2.05, 4.69) is 0 Å². The van der Waals surface area contributed by atoms with Crippen molar-refractivity contribution in [3.05, 3.63) is 35.1 Å². The van der Waals surface area contributed by atoms with E-state index in [0.29, 0.717) is 5.56 Å². The van der Waals surface area contributed by atoms with Gasteiger partial charge in [-0.15, -0.1) is 0 Å². The van der Waals surface area contributed by atoms with E-state index in [9.17, 15) is 4.39 Å². The van der Waals surface area contributed by atoms with E-state index in [1.165, 1.54) is 13.1 Å². The largest absolute Gasteiger partial charge is 0.314 e. The average Bonchev–Trinajstić information content (AvgIpc) is 1.97. The average molecular weight is 169 g/mol. The highest BCUT2D eigenvalue weighted by molar-refractivity contribution is 5.26. The molecule has 0 aromatic heterocycles.